The smallest absolute Gasteiger partial charge is 0.480 e. The molecule has 0 amide bonds. The molecule has 0 radical (unpaired) electrons. The molecule has 6 rings (SSSR count). The number of nitrogens with one attached hydrogen (secondary N) is 3. The summed E-state index contributed by atoms with van der Waals surface area (Å²) in [6.07, 6.45) is -11.0. The summed E-state index contributed by atoms with van der Waals surface area (Å²) in [5.74, 6) is -0.588. The fourth-order valence-corrected chi connectivity index (χ4v) is 9.41. The third-order valence-corrected chi connectivity index (χ3v) is 12.4. The first-order valence-electron chi connectivity index (χ1n) is 14.4. The number of rotatable bonds is 12. The summed E-state index contributed by atoms with van der Waals surface area (Å²) in [4.78, 5) is 74.2. The Morgan fingerprint density at radius 3 is 2.22 bits per heavy atom. The van der Waals surface area contributed by atoms with Crippen LogP contribution in [0, 0.1) is 0 Å². The summed E-state index contributed by atoms with van der Waals surface area (Å²) in [6.45, 7) is -2.16. The molecule has 11 atom stereocenters. The van der Waals surface area contributed by atoms with Crippen molar-refractivity contribution in [2.24, 2.45) is 7.05 Å². The molecule has 3 unspecified atom stereocenters. The van der Waals surface area contributed by atoms with Crippen LogP contribution in [-0.2, 0) is 43.6 Å². The molecule has 30 nitrogen and oxygen atoms in total. The standard InChI is InChI=1S/C21H30N11O17P3.2H3N/c1-30-5-32(15-9(30)17(38)28-21(23)26-15)19-13(36)10(33)6(48-19)2-45-50(39,40)29-51(41,42)49-52(43,44)46-3-7-11(34)12(35)18(47-7)31-4-24-8-14(31)25-20(22)27-16(8)37;;/h4-7,10-13,18-19,33-36H,2-3H2,1H3,(H9-,22,23,25,26,27,28,29,37,38,39,40,41,42,43,44);2*1H3/t6-,7-,10-,11-,12-,13-,18-,19-;;/m1../s1. The summed E-state index contributed by atoms with van der Waals surface area (Å²) in [5.41, 5.74) is 9.38. The van der Waals surface area contributed by atoms with Crippen LogP contribution < -0.4 is 49.2 Å². The van der Waals surface area contributed by atoms with Gasteiger partial charge in [-0.2, -0.15) is 14.2 Å². The van der Waals surface area contributed by atoms with Crippen LogP contribution in [0.4, 0.5) is 11.9 Å². The molecule has 19 N–H and O–H groups in total. The highest BCUT2D eigenvalue weighted by Crippen LogP contribution is 2.61. The van der Waals surface area contributed by atoms with Gasteiger partial charge in [-0.15, -0.1) is 0 Å². The van der Waals surface area contributed by atoms with Crippen molar-refractivity contribution in [3.63, 3.8) is 0 Å². The van der Waals surface area contributed by atoms with E-state index in [1.807, 2.05) is 0 Å². The van der Waals surface area contributed by atoms with Crippen LogP contribution in [-0.4, -0.2) is 114 Å². The second kappa shape index (κ2) is 15.5. The number of ether oxygens (including phenoxy) is 2. The van der Waals surface area contributed by atoms with Crippen molar-refractivity contribution in [3.8, 4) is 0 Å². The fourth-order valence-electron chi connectivity index (χ4n) is 5.48. The van der Waals surface area contributed by atoms with E-state index < -0.39 is 96.7 Å². The molecule has 4 aromatic rings. The Morgan fingerprint density at radius 2 is 1.54 bits per heavy atom. The minimum atomic E-state index is -5.81. The Bertz CT molecular complexity index is 2280. The van der Waals surface area contributed by atoms with E-state index in [2.05, 4.69) is 38.3 Å². The van der Waals surface area contributed by atoms with Crippen molar-refractivity contribution in [1.29, 1.82) is 0 Å². The van der Waals surface area contributed by atoms with E-state index in [0.717, 1.165) is 20.3 Å². The molecule has 2 saturated heterocycles. The quantitative estimate of drug-likeness (QED) is 0.0468. The Balaban J connectivity index is 0.00000325. The monoisotopic (exact) mass is 835 g/mol. The molecule has 33 heteroatoms. The van der Waals surface area contributed by atoms with E-state index >= 15 is 0 Å². The van der Waals surface area contributed by atoms with Gasteiger partial charge in [0.25, 0.3) is 17.1 Å². The van der Waals surface area contributed by atoms with Crippen molar-refractivity contribution in [2.45, 2.75) is 49.1 Å². The minimum absolute atomic E-state index is 0. The number of aliphatic hydroxyl groups excluding tert-OH is 4. The number of aromatic nitrogens is 8. The molecular weight excluding hydrogens is 799 g/mol. The van der Waals surface area contributed by atoms with Gasteiger partial charge in [0.15, 0.2) is 23.7 Å². The van der Waals surface area contributed by atoms with Gasteiger partial charge in [-0.25, -0.2) is 18.7 Å². The van der Waals surface area contributed by atoms with Gasteiger partial charge in [0, 0.05) is 0 Å². The summed E-state index contributed by atoms with van der Waals surface area (Å²) in [6, 6.07) is 0. The van der Waals surface area contributed by atoms with Crippen molar-refractivity contribution in [3.05, 3.63) is 33.4 Å². The first-order chi connectivity index (χ1) is 24.2. The maximum absolute atomic E-state index is 12.5. The van der Waals surface area contributed by atoms with Crippen LogP contribution in [0.25, 0.3) is 22.3 Å². The summed E-state index contributed by atoms with van der Waals surface area (Å²) >= 11 is 0. The largest absolute Gasteiger partial charge is 0.766 e. The van der Waals surface area contributed by atoms with Crippen LogP contribution in [0.3, 0.4) is 0 Å². The first-order valence-corrected chi connectivity index (χ1v) is 19.1. The number of phosphoric ester groups is 1. The molecule has 2 aliphatic heterocycles. The molecular formula is C21H36N13O17P3. The zero-order valence-electron chi connectivity index (χ0n) is 27.5. The number of hydrogen-bond acceptors (Lipinski definition) is 22. The highest BCUT2D eigenvalue weighted by atomic mass is 31.3. The second-order valence-electron chi connectivity index (χ2n) is 11.4. The lowest BCUT2D eigenvalue weighted by Gasteiger charge is -2.28. The lowest BCUT2D eigenvalue weighted by atomic mass is 10.1. The Labute approximate surface area is 299 Å². The van der Waals surface area contributed by atoms with Crippen LogP contribution in [0.5, 0.6) is 0 Å². The molecule has 0 saturated carbocycles. The number of nitrogens with zero attached hydrogens (tertiary/aromatic N) is 6. The van der Waals surface area contributed by atoms with E-state index in [4.69, 9.17) is 20.9 Å². The first kappa shape index (κ1) is 43.1. The van der Waals surface area contributed by atoms with Crippen LogP contribution >= 0.6 is 23.3 Å². The maximum Gasteiger partial charge on any atom is 0.480 e. The lowest BCUT2D eigenvalue weighted by Crippen LogP contribution is -2.46. The maximum atomic E-state index is 12.5. The van der Waals surface area contributed by atoms with Gasteiger partial charge in [-0.05, 0) is 0 Å². The average molecular weight is 836 g/mol. The Kier molecular flexibility index (Phi) is 12.4. The van der Waals surface area contributed by atoms with Gasteiger partial charge in [-0.3, -0.25) is 37.8 Å². The number of nitrogens with two attached hydrogens (primary N) is 2. The van der Waals surface area contributed by atoms with Gasteiger partial charge < -0.3 is 72.9 Å². The number of aromatic amines is 2. The number of aryl methyl sites for hydroxylation is 1. The van der Waals surface area contributed by atoms with Crippen molar-refractivity contribution in [2.75, 3.05) is 24.7 Å². The molecule has 302 valence electrons. The number of imidazole rings is 2. The summed E-state index contributed by atoms with van der Waals surface area (Å²) in [7, 11) is -15.7. The third-order valence-electron chi connectivity index (χ3n) is 7.74. The zero-order chi connectivity index (χ0) is 38.1. The summed E-state index contributed by atoms with van der Waals surface area (Å²) in [5, 5.41) is 42.1. The van der Waals surface area contributed by atoms with E-state index in [1.54, 1.807) is 0 Å². The topological polar surface area (TPSA) is 494 Å². The van der Waals surface area contributed by atoms with Gasteiger partial charge in [0.1, 0.15) is 36.6 Å². The Morgan fingerprint density at radius 1 is 0.944 bits per heavy atom. The molecule has 4 aromatic heterocycles. The summed E-state index contributed by atoms with van der Waals surface area (Å²) < 4.78 is 65.3. The van der Waals surface area contributed by atoms with Crippen molar-refractivity contribution < 1.29 is 76.2 Å². The number of fused-ring (bicyclic) bond motifs is 2. The fraction of sp³-hybridized carbons (Fsp3) is 0.524. The average Bonchev–Trinajstić information content (AvgIpc) is 3.74. The molecule has 0 spiro atoms. The number of hydrogen-bond donors (Lipinski definition) is 13. The SMILES string of the molecule is Cn1c[n+]([C@@H]2O[C@H](COP(=O)([O-])NP(=O)(O)OP(=O)(O)OC[C@H]3O[C@@H](n4cnc5c(=O)[nH]c(N)nc54)[C@H](O)[C@@H]3O)[C@@H](O)[C@H]2O)c2nc(N)[nH]c(=O)c21.N.N. The van der Waals surface area contributed by atoms with E-state index in [9.17, 15) is 58.4 Å². The van der Waals surface area contributed by atoms with E-state index in [1.165, 1.54) is 17.9 Å². The molecule has 0 bridgehead atoms. The van der Waals surface area contributed by atoms with Gasteiger partial charge in [0.05, 0.1) is 26.6 Å². The van der Waals surface area contributed by atoms with Crippen LogP contribution in [0.1, 0.15) is 12.5 Å². The molecule has 0 aliphatic carbocycles. The lowest BCUT2D eigenvalue weighted by molar-refractivity contribution is -0.745. The molecule has 2 aliphatic rings. The van der Waals surface area contributed by atoms with Crippen LogP contribution in [0.2, 0.25) is 0 Å². The molecule has 0 aromatic carbocycles. The number of aliphatic hydroxyl groups is 4. The van der Waals surface area contributed by atoms with E-state index in [0.29, 0.717) is 0 Å². The predicted molar refractivity (Wildman–Crippen MR) is 174 cm³/mol. The van der Waals surface area contributed by atoms with Crippen molar-refractivity contribution >= 4 is 57.5 Å². The zero-order valence-corrected chi connectivity index (χ0v) is 30.1. The van der Waals surface area contributed by atoms with E-state index in [-0.39, 0.29) is 46.5 Å². The third kappa shape index (κ3) is 8.45. The second-order valence-corrected chi connectivity index (χ2v) is 16.3. The number of anilines is 2. The van der Waals surface area contributed by atoms with Gasteiger partial charge in [-0.1, -0.05) is 4.98 Å². The highest BCUT2D eigenvalue weighted by molar-refractivity contribution is 7.70. The number of H-pyrrole nitrogens is 2. The predicted octanol–water partition coefficient (Wildman–Crippen LogP) is -5.28. The van der Waals surface area contributed by atoms with Crippen molar-refractivity contribution in [1.82, 2.24) is 51.2 Å². The Hall–Kier alpha value is -3.61. The van der Waals surface area contributed by atoms with Gasteiger partial charge in [0.2, 0.25) is 25.4 Å². The minimum Gasteiger partial charge on any atom is -0.766 e. The number of phosphoric acid groups is 1. The number of nitrogen functional groups attached to an aromatic ring is 2. The van der Waals surface area contributed by atoms with Crippen LogP contribution in [0.15, 0.2) is 22.2 Å². The van der Waals surface area contributed by atoms with Gasteiger partial charge >= 0.3 is 21.2 Å². The molecule has 54 heavy (non-hydrogen) atoms. The highest BCUT2D eigenvalue weighted by Gasteiger charge is 2.49. The normalized spacial score (nSPS) is 29.0. The molecule has 6 heterocycles. The molecule has 2 fully saturated rings.